The Morgan fingerprint density at radius 3 is 2.70 bits per heavy atom. The normalized spacial score (nSPS) is 29.1. The SMILES string of the molecule is Cc1nc(CN2CCN(C[C@@]3(O)CCNC3)CC2)cs1. The number of rotatable bonds is 4. The largest absolute Gasteiger partial charge is 0.387 e. The molecule has 1 atom stereocenters. The molecule has 1 aromatic rings. The summed E-state index contributed by atoms with van der Waals surface area (Å²) in [6.07, 6.45) is 0.880. The highest BCUT2D eigenvalue weighted by Crippen LogP contribution is 2.18. The van der Waals surface area contributed by atoms with E-state index in [4.69, 9.17) is 0 Å². The number of nitrogens with one attached hydrogen (secondary N) is 1. The minimum atomic E-state index is -0.506. The first-order valence-corrected chi connectivity index (χ1v) is 8.30. The van der Waals surface area contributed by atoms with Gasteiger partial charge in [-0.1, -0.05) is 0 Å². The van der Waals surface area contributed by atoms with Crippen LogP contribution in [0, 0.1) is 6.92 Å². The Morgan fingerprint density at radius 2 is 2.10 bits per heavy atom. The highest BCUT2D eigenvalue weighted by molar-refractivity contribution is 7.09. The summed E-state index contributed by atoms with van der Waals surface area (Å²) in [5.41, 5.74) is 0.688. The zero-order valence-corrected chi connectivity index (χ0v) is 13.0. The fraction of sp³-hybridized carbons (Fsp3) is 0.786. The minimum Gasteiger partial charge on any atom is -0.387 e. The Hall–Kier alpha value is -0.530. The Bertz CT molecular complexity index is 436. The van der Waals surface area contributed by atoms with Crippen molar-refractivity contribution >= 4 is 11.3 Å². The molecular formula is C14H24N4OS. The first-order chi connectivity index (χ1) is 9.63. The molecule has 3 rings (SSSR count). The van der Waals surface area contributed by atoms with Crippen molar-refractivity contribution in [2.24, 2.45) is 0 Å². The molecule has 0 radical (unpaired) electrons. The number of aromatic nitrogens is 1. The van der Waals surface area contributed by atoms with Crippen LogP contribution in [0.25, 0.3) is 0 Å². The maximum Gasteiger partial charge on any atom is 0.0909 e. The lowest BCUT2D eigenvalue weighted by molar-refractivity contribution is 0.00416. The van der Waals surface area contributed by atoms with Gasteiger partial charge < -0.3 is 10.4 Å². The number of aryl methyl sites for hydroxylation is 1. The van der Waals surface area contributed by atoms with Crippen molar-refractivity contribution in [1.29, 1.82) is 0 Å². The molecule has 5 nitrogen and oxygen atoms in total. The first kappa shape index (κ1) is 14.4. The predicted octanol–water partition coefficient (Wildman–Crippen LogP) is 0.294. The van der Waals surface area contributed by atoms with E-state index in [1.807, 2.05) is 0 Å². The minimum absolute atomic E-state index is 0.506. The van der Waals surface area contributed by atoms with Crippen LogP contribution in [0.15, 0.2) is 5.38 Å². The summed E-state index contributed by atoms with van der Waals surface area (Å²) in [4.78, 5) is 9.39. The third kappa shape index (κ3) is 3.56. The maximum atomic E-state index is 10.4. The van der Waals surface area contributed by atoms with Gasteiger partial charge in [0, 0.05) is 51.2 Å². The van der Waals surface area contributed by atoms with Crippen LogP contribution in [0.2, 0.25) is 0 Å². The molecule has 2 aliphatic rings. The van der Waals surface area contributed by atoms with Gasteiger partial charge in [-0.2, -0.15) is 0 Å². The van der Waals surface area contributed by atoms with Gasteiger partial charge in [0.1, 0.15) is 0 Å². The molecule has 0 unspecified atom stereocenters. The quantitative estimate of drug-likeness (QED) is 0.837. The second-order valence-electron chi connectivity index (χ2n) is 6.06. The molecule has 2 saturated heterocycles. The maximum absolute atomic E-state index is 10.4. The van der Waals surface area contributed by atoms with E-state index in [0.717, 1.165) is 63.8 Å². The molecule has 0 aromatic carbocycles. The number of β-amino-alcohol motifs (C(OH)–C–C–N with tert-alkyl or cyclic N) is 1. The molecule has 20 heavy (non-hydrogen) atoms. The second kappa shape index (κ2) is 6.07. The number of hydrogen-bond acceptors (Lipinski definition) is 6. The van der Waals surface area contributed by atoms with Crippen molar-refractivity contribution in [1.82, 2.24) is 20.1 Å². The number of hydrogen-bond donors (Lipinski definition) is 2. The fourth-order valence-electron chi connectivity index (χ4n) is 3.10. The molecule has 3 heterocycles. The van der Waals surface area contributed by atoms with Gasteiger partial charge in [0.2, 0.25) is 0 Å². The zero-order chi connectivity index (χ0) is 14.0. The van der Waals surface area contributed by atoms with E-state index < -0.39 is 5.60 Å². The van der Waals surface area contributed by atoms with Crippen LogP contribution in [-0.4, -0.2) is 71.3 Å². The molecule has 0 aliphatic carbocycles. The molecule has 0 amide bonds. The fourth-order valence-corrected chi connectivity index (χ4v) is 3.70. The highest BCUT2D eigenvalue weighted by Gasteiger charge is 2.33. The molecule has 2 N–H and O–H groups in total. The molecule has 0 spiro atoms. The highest BCUT2D eigenvalue weighted by atomic mass is 32.1. The molecule has 2 aliphatic heterocycles. The number of nitrogens with zero attached hydrogens (tertiary/aromatic N) is 3. The van der Waals surface area contributed by atoms with Gasteiger partial charge >= 0.3 is 0 Å². The molecule has 2 fully saturated rings. The molecule has 0 saturated carbocycles. The van der Waals surface area contributed by atoms with Crippen LogP contribution in [0.3, 0.4) is 0 Å². The molecule has 6 heteroatoms. The summed E-state index contributed by atoms with van der Waals surface area (Å²) in [5, 5.41) is 17.0. The monoisotopic (exact) mass is 296 g/mol. The molecule has 112 valence electrons. The Morgan fingerprint density at radius 1 is 1.35 bits per heavy atom. The van der Waals surface area contributed by atoms with Crippen LogP contribution < -0.4 is 5.32 Å². The average Bonchev–Trinajstić information content (AvgIpc) is 3.01. The second-order valence-corrected chi connectivity index (χ2v) is 7.12. The molecule has 0 bridgehead atoms. The van der Waals surface area contributed by atoms with Gasteiger partial charge in [0.25, 0.3) is 0 Å². The summed E-state index contributed by atoms with van der Waals surface area (Å²) in [6.45, 7) is 9.75. The van der Waals surface area contributed by atoms with Crippen molar-refractivity contribution in [3.63, 3.8) is 0 Å². The van der Waals surface area contributed by atoms with E-state index >= 15 is 0 Å². The van der Waals surface area contributed by atoms with Crippen LogP contribution in [0.5, 0.6) is 0 Å². The predicted molar refractivity (Wildman–Crippen MR) is 81.0 cm³/mol. The molecule has 1 aromatic heterocycles. The summed E-state index contributed by atoms with van der Waals surface area (Å²) in [6, 6.07) is 0. The van der Waals surface area contributed by atoms with E-state index in [0.29, 0.717) is 0 Å². The van der Waals surface area contributed by atoms with Crippen LogP contribution in [0.4, 0.5) is 0 Å². The van der Waals surface area contributed by atoms with Gasteiger partial charge in [-0.15, -0.1) is 11.3 Å². The van der Waals surface area contributed by atoms with Crippen molar-refractivity contribution in [2.45, 2.75) is 25.5 Å². The van der Waals surface area contributed by atoms with Crippen molar-refractivity contribution in [2.75, 3.05) is 45.8 Å². The van der Waals surface area contributed by atoms with Crippen molar-refractivity contribution in [3.8, 4) is 0 Å². The van der Waals surface area contributed by atoms with Crippen molar-refractivity contribution < 1.29 is 5.11 Å². The Kier molecular flexibility index (Phi) is 4.37. The van der Waals surface area contributed by atoms with Crippen LogP contribution in [-0.2, 0) is 6.54 Å². The number of piperazine rings is 1. The summed E-state index contributed by atoms with van der Waals surface area (Å²) >= 11 is 1.73. The standard InChI is InChI=1S/C14H24N4OS/c1-12-16-13(9-20-12)8-17-4-6-18(7-5-17)11-14(19)2-3-15-10-14/h9,15,19H,2-8,10-11H2,1H3/t14-/m1/s1. The lowest BCUT2D eigenvalue weighted by atomic mass is 10.0. The van der Waals surface area contributed by atoms with Gasteiger partial charge in [-0.3, -0.25) is 9.80 Å². The Balaban J connectivity index is 1.45. The average molecular weight is 296 g/mol. The van der Waals surface area contributed by atoms with E-state index in [1.54, 1.807) is 11.3 Å². The Labute approximate surface area is 124 Å². The zero-order valence-electron chi connectivity index (χ0n) is 12.1. The van der Waals surface area contributed by atoms with Gasteiger partial charge in [-0.25, -0.2) is 4.98 Å². The first-order valence-electron chi connectivity index (χ1n) is 7.42. The number of thiazole rings is 1. The van der Waals surface area contributed by atoms with Gasteiger partial charge in [-0.05, 0) is 19.9 Å². The number of aliphatic hydroxyl groups is 1. The van der Waals surface area contributed by atoms with Crippen LogP contribution in [0.1, 0.15) is 17.1 Å². The van der Waals surface area contributed by atoms with E-state index in [1.165, 1.54) is 5.69 Å². The van der Waals surface area contributed by atoms with E-state index in [2.05, 4.69) is 32.4 Å². The lowest BCUT2D eigenvalue weighted by Crippen LogP contribution is -2.52. The smallest absolute Gasteiger partial charge is 0.0909 e. The third-order valence-corrected chi connectivity index (χ3v) is 5.08. The third-order valence-electron chi connectivity index (χ3n) is 4.26. The lowest BCUT2D eigenvalue weighted by Gasteiger charge is -2.37. The summed E-state index contributed by atoms with van der Waals surface area (Å²) in [7, 11) is 0. The van der Waals surface area contributed by atoms with Crippen molar-refractivity contribution in [3.05, 3.63) is 16.1 Å². The molecular weight excluding hydrogens is 272 g/mol. The van der Waals surface area contributed by atoms with Gasteiger partial charge in [0.15, 0.2) is 0 Å². The summed E-state index contributed by atoms with van der Waals surface area (Å²) in [5.74, 6) is 0. The van der Waals surface area contributed by atoms with Gasteiger partial charge in [0.05, 0.1) is 16.3 Å². The topological polar surface area (TPSA) is 51.6 Å². The van der Waals surface area contributed by atoms with Crippen LogP contribution >= 0.6 is 11.3 Å². The van der Waals surface area contributed by atoms with E-state index in [-0.39, 0.29) is 0 Å². The van der Waals surface area contributed by atoms with E-state index in [9.17, 15) is 5.11 Å². The summed E-state index contributed by atoms with van der Waals surface area (Å²) < 4.78 is 0.